The quantitative estimate of drug-likeness (QED) is 0.775. The Morgan fingerprint density at radius 2 is 1.63 bits per heavy atom. The van der Waals surface area contributed by atoms with Crippen LogP contribution < -0.4 is 5.32 Å². The maximum Gasteiger partial charge on any atom is 0.324 e. The molecule has 1 N–H and O–H groups in total. The number of nitrogens with zero attached hydrogens (tertiary/aromatic N) is 1. The second-order valence-corrected chi connectivity index (χ2v) is 7.44. The number of urea groups is 1. The Balaban J connectivity index is 1.61. The molecule has 1 heterocycles. The summed E-state index contributed by atoms with van der Waals surface area (Å²) in [4.78, 5) is 25.1. The molecule has 5 rings (SSSR count). The minimum atomic E-state index is -0.173. The molecule has 0 spiro atoms. The van der Waals surface area contributed by atoms with Crippen molar-refractivity contribution >= 4 is 11.9 Å². The predicted molar refractivity (Wildman–Crippen MR) is 70.3 cm³/mol. The van der Waals surface area contributed by atoms with Gasteiger partial charge in [0, 0.05) is 6.04 Å². The lowest BCUT2D eigenvalue weighted by Crippen LogP contribution is -2.56. The van der Waals surface area contributed by atoms with E-state index < -0.39 is 0 Å². The van der Waals surface area contributed by atoms with Gasteiger partial charge in [-0.05, 0) is 68.6 Å². The summed E-state index contributed by atoms with van der Waals surface area (Å²) in [5.74, 6) is 2.52. The van der Waals surface area contributed by atoms with Crippen molar-refractivity contribution in [2.75, 3.05) is 6.54 Å². The first-order valence-corrected chi connectivity index (χ1v) is 7.66. The van der Waals surface area contributed by atoms with E-state index >= 15 is 0 Å². The Hall–Kier alpha value is -1.06. The van der Waals surface area contributed by atoms with E-state index in [0.29, 0.717) is 5.41 Å². The van der Waals surface area contributed by atoms with Crippen LogP contribution in [0.1, 0.15) is 45.4 Å². The van der Waals surface area contributed by atoms with Crippen LogP contribution in [0.5, 0.6) is 0 Å². The van der Waals surface area contributed by atoms with Crippen molar-refractivity contribution in [2.24, 2.45) is 23.2 Å². The first-order valence-electron chi connectivity index (χ1n) is 7.66. The van der Waals surface area contributed by atoms with Crippen molar-refractivity contribution < 1.29 is 9.59 Å². The van der Waals surface area contributed by atoms with Gasteiger partial charge >= 0.3 is 6.03 Å². The van der Waals surface area contributed by atoms with Crippen molar-refractivity contribution in [3.63, 3.8) is 0 Å². The second-order valence-electron chi connectivity index (χ2n) is 7.44. The fraction of sp³-hybridized carbons (Fsp3) is 0.867. The van der Waals surface area contributed by atoms with Gasteiger partial charge in [-0.3, -0.25) is 10.1 Å². The van der Waals surface area contributed by atoms with E-state index in [-0.39, 0.29) is 24.5 Å². The lowest BCUT2D eigenvalue weighted by molar-refractivity contribution is -0.120. The molecule has 1 unspecified atom stereocenters. The number of nitrogens with one attached hydrogen (secondary N) is 1. The summed E-state index contributed by atoms with van der Waals surface area (Å²) in [5.41, 5.74) is 0.302. The van der Waals surface area contributed by atoms with Gasteiger partial charge in [0.15, 0.2) is 0 Å². The molecule has 5 fully saturated rings. The maximum absolute atomic E-state index is 11.9. The molecule has 0 aromatic carbocycles. The zero-order valence-electron chi connectivity index (χ0n) is 11.5. The number of rotatable bonds is 2. The van der Waals surface area contributed by atoms with Gasteiger partial charge in [-0.1, -0.05) is 0 Å². The van der Waals surface area contributed by atoms with Crippen molar-refractivity contribution in [2.45, 2.75) is 51.5 Å². The molecule has 4 nitrogen and oxygen atoms in total. The highest BCUT2D eigenvalue weighted by atomic mass is 16.2. The number of amides is 3. The minimum Gasteiger partial charge on any atom is -0.312 e. The summed E-state index contributed by atoms with van der Waals surface area (Å²) in [5, 5.41) is 2.43. The number of imide groups is 1. The highest BCUT2D eigenvalue weighted by molar-refractivity contribution is 6.02. The van der Waals surface area contributed by atoms with Gasteiger partial charge in [0.1, 0.15) is 6.54 Å². The van der Waals surface area contributed by atoms with Crippen LogP contribution in [-0.2, 0) is 4.79 Å². The Bertz CT molecular complexity index is 410. The summed E-state index contributed by atoms with van der Waals surface area (Å²) in [7, 11) is 0. The number of hydrogen-bond donors (Lipinski definition) is 1. The number of carbonyl (C=O) groups is 2. The van der Waals surface area contributed by atoms with Gasteiger partial charge in [-0.15, -0.1) is 0 Å². The van der Waals surface area contributed by atoms with Crippen LogP contribution >= 0.6 is 0 Å². The lowest BCUT2D eigenvalue weighted by Gasteiger charge is -2.60. The van der Waals surface area contributed by atoms with Gasteiger partial charge in [0.25, 0.3) is 0 Å². The summed E-state index contributed by atoms with van der Waals surface area (Å²) < 4.78 is 0. The first kappa shape index (κ1) is 11.7. The van der Waals surface area contributed by atoms with Crippen molar-refractivity contribution in [3.8, 4) is 0 Å². The van der Waals surface area contributed by atoms with Crippen molar-refractivity contribution in [3.05, 3.63) is 0 Å². The Morgan fingerprint density at radius 3 is 2.05 bits per heavy atom. The topological polar surface area (TPSA) is 49.4 Å². The Morgan fingerprint density at radius 1 is 1.11 bits per heavy atom. The van der Waals surface area contributed by atoms with Crippen LogP contribution in [-0.4, -0.2) is 29.4 Å². The molecule has 5 aliphatic rings. The maximum atomic E-state index is 11.9. The van der Waals surface area contributed by atoms with Gasteiger partial charge < -0.3 is 4.90 Å². The van der Waals surface area contributed by atoms with Crippen LogP contribution in [0.2, 0.25) is 0 Å². The fourth-order valence-corrected chi connectivity index (χ4v) is 5.79. The van der Waals surface area contributed by atoms with E-state index in [2.05, 4.69) is 12.2 Å². The molecule has 4 heteroatoms. The third-order valence-corrected chi connectivity index (χ3v) is 6.26. The van der Waals surface area contributed by atoms with E-state index in [0.717, 1.165) is 17.8 Å². The van der Waals surface area contributed by atoms with E-state index in [4.69, 9.17) is 0 Å². The normalized spacial score (nSPS) is 45.7. The molecular weight excluding hydrogens is 240 g/mol. The monoisotopic (exact) mass is 262 g/mol. The summed E-state index contributed by atoms with van der Waals surface area (Å²) in [6, 6.07) is 0.0422. The largest absolute Gasteiger partial charge is 0.324 e. The average Bonchev–Trinajstić information content (AvgIpc) is 2.65. The van der Waals surface area contributed by atoms with Crippen LogP contribution in [0.3, 0.4) is 0 Å². The minimum absolute atomic E-state index is 0.137. The van der Waals surface area contributed by atoms with E-state index in [1.165, 1.54) is 38.5 Å². The SMILES string of the molecule is CC(N1CC(=O)NC1=O)C12CC3CC(CC(C3)C1)C2. The molecule has 0 aromatic heterocycles. The molecule has 1 atom stereocenters. The Labute approximate surface area is 113 Å². The molecule has 1 saturated heterocycles. The first-order chi connectivity index (χ1) is 9.06. The highest BCUT2D eigenvalue weighted by Gasteiger charge is 2.55. The number of carbonyl (C=O) groups excluding carboxylic acids is 2. The van der Waals surface area contributed by atoms with Gasteiger partial charge in [0.05, 0.1) is 0 Å². The van der Waals surface area contributed by atoms with Crippen LogP contribution in [0.4, 0.5) is 4.79 Å². The lowest BCUT2D eigenvalue weighted by atomic mass is 9.47. The summed E-state index contributed by atoms with van der Waals surface area (Å²) >= 11 is 0. The second kappa shape index (κ2) is 3.74. The Kier molecular flexibility index (Phi) is 2.31. The molecule has 4 aliphatic carbocycles. The van der Waals surface area contributed by atoms with Crippen LogP contribution in [0, 0.1) is 23.2 Å². The molecule has 4 bridgehead atoms. The van der Waals surface area contributed by atoms with Gasteiger partial charge in [-0.25, -0.2) is 4.79 Å². The standard InChI is InChI=1S/C15H22N2O2/c1-9(17-8-13(18)16-14(17)19)15-5-10-2-11(6-15)4-12(3-10)7-15/h9-12H,2-8H2,1H3,(H,16,18,19). The smallest absolute Gasteiger partial charge is 0.312 e. The zero-order valence-corrected chi connectivity index (χ0v) is 11.5. The van der Waals surface area contributed by atoms with Gasteiger partial charge in [-0.2, -0.15) is 0 Å². The van der Waals surface area contributed by atoms with Crippen molar-refractivity contribution in [1.29, 1.82) is 0 Å². The van der Waals surface area contributed by atoms with Crippen molar-refractivity contribution in [1.82, 2.24) is 10.2 Å². The molecule has 104 valence electrons. The third-order valence-electron chi connectivity index (χ3n) is 6.26. The van der Waals surface area contributed by atoms with E-state index in [1.807, 2.05) is 0 Å². The molecular formula is C15H22N2O2. The molecule has 0 aromatic rings. The molecule has 3 amide bonds. The van der Waals surface area contributed by atoms with Crippen LogP contribution in [0.15, 0.2) is 0 Å². The molecule has 1 aliphatic heterocycles. The predicted octanol–water partition coefficient (Wildman–Crippen LogP) is 2.14. The average molecular weight is 262 g/mol. The van der Waals surface area contributed by atoms with Gasteiger partial charge in [0.2, 0.25) is 5.91 Å². The molecule has 0 radical (unpaired) electrons. The van der Waals surface area contributed by atoms with E-state index in [1.54, 1.807) is 4.90 Å². The highest BCUT2D eigenvalue weighted by Crippen LogP contribution is 2.61. The zero-order chi connectivity index (χ0) is 13.2. The van der Waals surface area contributed by atoms with Crippen LogP contribution in [0.25, 0.3) is 0 Å². The molecule has 4 saturated carbocycles. The third kappa shape index (κ3) is 1.65. The summed E-state index contributed by atoms with van der Waals surface area (Å²) in [6.45, 7) is 2.44. The fourth-order valence-electron chi connectivity index (χ4n) is 5.79. The van der Waals surface area contributed by atoms with E-state index in [9.17, 15) is 9.59 Å². The number of hydrogen-bond acceptors (Lipinski definition) is 2. The summed E-state index contributed by atoms with van der Waals surface area (Å²) in [6.07, 6.45) is 8.07. The molecule has 19 heavy (non-hydrogen) atoms.